The van der Waals surface area contributed by atoms with Crippen LogP contribution in [0.3, 0.4) is 0 Å². The molecule has 0 radical (unpaired) electrons. The van der Waals surface area contributed by atoms with Crippen LogP contribution in [-0.2, 0) is 19.4 Å². The van der Waals surface area contributed by atoms with E-state index in [-0.39, 0.29) is 11.9 Å². The fraction of sp³-hybridized carbons (Fsp3) is 0.207. The Morgan fingerprint density at radius 2 is 1.43 bits per heavy atom. The van der Waals surface area contributed by atoms with Crippen molar-refractivity contribution in [1.82, 2.24) is 19.9 Å². The van der Waals surface area contributed by atoms with Gasteiger partial charge in [-0.15, -0.1) is 0 Å². The third-order valence-electron chi connectivity index (χ3n) is 6.37. The highest BCUT2D eigenvalue weighted by Crippen LogP contribution is 2.28. The van der Waals surface area contributed by atoms with Crippen molar-refractivity contribution in [3.63, 3.8) is 0 Å². The summed E-state index contributed by atoms with van der Waals surface area (Å²) in [6.07, 6.45) is 2.50. The number of carbonyl (C=O) groups is 1. The summed E-state index contributed by atoms with van der Waals surface area (Å²) in [6, 6.07) is 28.2. The lowest BCUT2D eigenvalue weighted by molar-refractivity contribution is 0.0940. The molecule has 0 aliphatic rings. The summed E-state index contributed by atoms with van der Waals surface area (Å²) < 4.78 is 1.92. The molecule has 6 heteroatoms. The maximum atomic E-state index is 13.5. The Bertz CT molecular complexity index is 1460. The van der Waals surface area contributed by atoms with Crippen LogP contribution in [-0.4, -0.2) is 26.5 Å². The molecule has 0 fully saturated rings. The molecule has 6 nitrogen and oxygen atoms in total. The Kier molecular flexibility index (Phi) is 6.44. The smallest absolute Gasteiger partial charge is 0.257 e. The van der Waals surface area contributed by atoms with Gasteiger partial charge < -0.3 is 15.6 Å². The molecule has 0 spiro atoms. The molecule has 5 aromatic rings. The van der Waals surface area contributed by atoms with Crippen LogP contribution in [0.25, 0.3) is 22.2 Å². The first-order valence-electron chi connectivity index (χ1n) is 12.0. The molecule has 1 atom stereocenters. The number of aromatic nitrogens is 3. The van der Waals surface area contributed by atoms with Crippen molar-refractivity contribution >= 4 is 33.9 Å². The first-order valence-corrected chi connectivity index (χ1v) is 12.0. The minimum absolute atomic E-state index is 0.0155. The minimum Gasteiger partial charge on any atom is -0.384 e. The molecule has 35 heavy (non-hydrogen) atoms. The largest absolute Gasteiger partial charge is 0.384 e. The van der Waals surface area contributed by atoms with E-state index in [9.17, 15) is 4.79 Å². The van der Waals surface area contributed by atoms with Crippen LogP contribution in [0.15, 0.2) is 84.9 Å². The number of nitrogens with one attached hydrogen (secondary N) is 1. The molecule has 0 bridgehead atoms. The van der Waals surface area contributed by atoms with Gasteiger partial charge in [-0.2, -0.15) is 0 Å². The van der Waals surface area contributed by atoms with E-state index >= 15 is 0 Å². The number of nitrogen functional groups attached to an aromatic ring is 1. The third-order valence-corrected chi connectivity index (χ3v) is 6.37. The van der Waals surface area contributed by atoms with E-state index in [1.54, 1.807) is 0 Å². The monoisotopic (exact) mass is 463 g/mol. The van der Waals surface area contributed by atoms with E-state index in [2.05, 4.69) is 29.6 Å². The summed E-state index contributed by atoms with van der Waals surface area (Å²) in [4.78, 5) is 23.1. The molecule has 2 aromatic heterocycles. The number of nitrogens with two attached hydrogens (primary N) is 1. The molecule has 1 amide bonds. The van der Waals surface area contributed by atoms with Gasteiger partial charge in [-0.3, -0.25) is 4.79 Å². The average molecular weight is 464 g/mol. The van der Waals surface area contributed by atoms with E-state index < -0.39 is 0 Å². The van der Waals surface area contributed by atoms with E-state index in [0.29, 0.717) is 29.1 Å². The number of hydrogen-bond donors (Lipinski definition) is 2. The molecule has 1 unspecified atom stereocenters. The number of rotatable bonds is 8. The van der Waals surface area contributed by atoms with Crippen LogP contribution in [0.5, 0.6) is 0 Å². The number of para-hydroxylation sites is 2. The molecule has 0 aliphatic heterocycles. The van der Waals surface area contributed by atoms with Gasteiger partial charge in [0.15, 0.2) is 5.65 Å². The summed E-state index contributed by atoms with van der Waals surface area (Å²) in [6.45, 7) is 2.63. The zero-order valence-corrected chi connectivity index (χ0v) is 19.8. The molecule has 2 heterocycles. The van der Waals surface area contributed by atoms with Crippen molar-refractivity contribution in [2.24, 2.45) is 0 Å². The van der Waals surface area contributed by atoms with E-state index in [1.165, 1.54) is 11.1 Å². The second kappa shape index (κ2) is 9.97. The van der Waals surface area contributed by atoms with Gasteiger partial charge in [0, 0.05) is 12.6 Å². The van der Waals surface area contributed by atoms with Gasteiger partial charge in [0.05, 0.1) is 11.0 Å². The third kappa shape index (κ3) is 4.87. The second-order valence-electron chi connectivity index (χ2n) is 8.93. The first-order chi connectivity index (χ1) is 17.1. The van der Waals surface area contributed by atoms with E-state index in [4.69, 9.17) is 15.7 Å². The van der Waals surface area contributed by atoms with Crippen molar-refractivity contribution in [2.45, 2.75) is 38.8 Å². The fourth-order valence-electron chi connectivity index (χ4n) is 4.45. The number of fused-ring (bicyclic) bond motifs is 2. The summed E-state index contributed by atoms with van der Waals surface area (Å²) in [5, 5.41) is 3.13. The number of nitrogens with zero attached hydrogens (tertiary/aromatic N) is 3. The van der Waals surface area contributed by atoms with E-state index in [0.717, 1.165) is 30.3 Å². The van der Waals surface area contributed by atoms with Crippen molar-refractivity contribution in [3.05, 3.63) is 102 Å². The minimum atomic E-state index is -0.212. The Balaban J connectivity index is 1.45. The SMILES string of the molecule is CC(CCc1ccccc1)NC(=O)c1c(N)n(CCc2ccccc2)c2nc3ccccc3nc12. The van der Waals surface area contributed by atoms with Crippen molar-refractivity contribution in [3.8, 4) is 0 Å². The summed E-state index contributed by atoms with van der Waals surface area (Å²) >= 11 is 0. The summed E-state index contributed by atoms with van der Waals surface area (Å²) in [7, 11) is 0. The summed E-state index contributed by atoms with van der Waals surface area (Å²) in [5.74, 6) is 0.190. The standard InChI is InChI=1S/C29H29N5O/c1-20(16-17-21-10-4-2-5-11-21)31-29(35)25-26-28(33-24-15-9-8-14-23(24)32-26)34(27(25)30)19-18-22-12-6-3-7-13-22/h2-15,20H,16-19,30H2,1H3,(H,31,35). The van der Waals surface area contributed by atoms with E-state index in [1.807, 2.05) is 72.2 Å². The molecule has 3 aromatic carbocycles. The number of carbonyl (C=O) groups excluding carboxylic acids is 1. The van der Waals surface area contributed by atoms with Gasteiger partial charge in [0.2, 0.25) is 0 Å². The highest BCUT2D eigenvalue weighted by molar-refractivity contribution is 6.10. The predicted molar refractivity (Wildman–Crippen MR) is 141 cm³/mol. The zero-order valence-electron chi connectivity index (χ0n) is 19.8. The molecular weight excluding hydrogens is 434 g/mol. The molecule has 0 saturated carbocycles. The molecule has 176 valence electrons. The highest BCUT2D eigenvalue weighted by atomic mass is 16.1. The number of benzene rings is 3. The lowest BCUT2D eigenvalue weighted by Crippen LogP contribution is -2.33. The molecule has 3 N–H and O–H groups in total. The van der Waals surface area contributed by atoms with Crippen LogP contribution in [0.1, 0.15) is 34.8 Å². The molecule has 0 saturated heterocycles. The van der Waals surface area contributed by atoms with Crippen LogP contribution in [0.2, 0.25) is 0 Å². The average Bonchev–Trinajstić information content (AvgIpc) is 3.16. The van der Waals surface area contributed by atoms with Crippen LogP contribution in [0.4, 0.5) is 5.82 Å². The highest BCUT2D eigenvalue weighted by Gasteiger charge is 2.24. The van der Waals surface area contributed by atoms with Crippen molar-refractivity contribution < 1.29 is 4.79 Å². The lowest BCUT2D eigenvalue weighted by Gasteiger charge is -2.14. The summed E-state index contributed by atoms with van der Waals surface area (Å²) in [5.41, 5.74) is 12.2. The van der Waals surface area contributed by atoms with Gasteiger partial charge in [-0.25, -0.2) is 9.97 Å². The van der Waals surface area contributed by atoms with Crippen LogP contribution in [0, 0.1) is 0 Å². The maximum Gasteiger partial charge on any atom is 0.257 e. The Labute approximate surface area is 204 Å². The second-order valence-corrected chi connectivity index (χ2v) is 8.93. The number of amides is 1. The van der Waals surface area contributed by atoms with Gasteiger partial charge >= 0.3 is 0 Å². The quantitative estimate of drug-likeness (QED) is 0.333. The molecule has 0 aliphatic carbocycles. The normalized spacial score (nSPS) is 12.1. The van der Waals surface area contributed by atoms with Crippen molar-refractivity contribution in [1.29, 1.82) is 0 Å². The van der Waals surface area contributed by atoms with Gasteiger partial charge in [-0.05, 0) is 49.4 Å². The number of anilines is 1. The Morgan fingerprint density at radius 1 is 0.857 bits per heavy atom. The number of hydrogen-bond acceptors (Lipinski definition) is 4. The maximum absolute atomic E-state index is 13.5. The molecule has 5 rings (SSSR count). The van der Waals surface area contributed by atoms with Gasteiger partial charge in [0.1, 0.15) is 16.9 Å². The fourth-order valence-corrected chi connectivity index (χ4v) is 4.45. The van der Waals surface area contributed by atoms with Gasteiger partial charge in [0.25, 0.3) is 5.91 Å². The Hall–Kier alpha value is -4.19. The number of aryl methyl sites for hydroxylation is 3. The molecular formula is C29H29N5O. The zero-order chi connectivity index (χ0) is 24.2. The van der Waals surface area contributed by atoms with Crippen LogP contribution >= 0.6 is 0 Å². The first kappa shape index (κ1) is 22.6. The Morgan fingerprint density at radius 3 is 2.09 bits per heavy atom. The lowest BCUT2D eigenvalue weighted by atomic mass is 10.1. The van der Waals surface area contributed by atoms with Crippen molar-refractivity contribution in [2.75, 3.05) is 5.73 Å². The predicted octanol–water partition coefficient (Wildman–Crippen LogP) is 5.16. The topological polar surface area (TPSA) is 85.8 Å². The van der Waals surface area contributed by atoms with Gasteiger partial charge in [-0.1, -0.05) is 72.8 Å². The van der Waals surface area contributed by atoms with Crippen LogP contribution < -0.4 is 11.1 Å².